The van der Waals surface area contributed by atoms with Gasteiger partial charge in [-0.05, 0) is 12.1 Å². The molecule has 0 saturated heterocycles. The van der Waals surface area contributed by atoms with Crippen LogP contribution in [-0.4, -0.2) is 14.5 Å². The molecule has 1 aromatic rings. The predicted molar refractivity (Wildman–Crippen MR) is 63.3 cm³/mol. The molecule has 0 aliphatic rings. The number of carbonyl (C=O) groups excluding carboxylic acids is 1. The topological polar surface area (TPSA) is 72.8 Å². The molecule has 0 aliphatic carbocycles. The van der Waals surface area contributed by atoms with Crippen LogP contribution in [-0.2, 0) is 44.4 Å². The fourth-order valence-electron chi connectivity index (χ4n) is 1.70. The maximum Gasteiger partial charge on any atom is 0.416 e. The molecule has 146 valence electrons. The number of benzene rings is 1. The molecule has 0 saturated carbocycles. The Bertz CT molecular complexity index is 798. The predicted octanol–water partition coefficient (Wildman–Crippen LogP) is 3.84. The molecule has 0 aliphatic heterocycles. The first-order chi connectivity index (χ1) is 11.5. The van der Waals surface area contributed by atoms with Crippen molar-refractivity contribution in [3.05, 3.63) is 34.4 Å². The van der Waals surface area contributed by atoms with E-state index in [2.05, 4.69) is 4.18 Å². The molecule has 0 heterocycles. The Kier molecular flexibility index (Phi) is 5.81. The molecule has 0 spiro atoms. The first kappa shape index (κ1) is 21.9. The zero-order valence-electron chi connectivity index (χ0n) is 11.8. The molecule has 15 heteroatoms. The average Bonchev–Trinajstić information content (AvgIpc) is 2.41. The molecule has 1 rings (SSSR count). The van der Waals surface area contributed by atoms with Crippen molar-refractivity contribution in [3.63, 3.8) is 0 Å². The van der Waals surface area contributed by atoms with Gasteiger partial charge in [-0.15, -0.1) is 0 Å². The summed E-state index contributed by atoms with van der Waals surface area (Å²) in [6.07, 6.45) is -16.5. The van der Waals surface area contributed by atoms with Crippen LogP contribution in [0.15, 0.2) is 16.5 Å². The maximum atomic E-state index is 12.9. The number of nitrogens with zero attached hydrogens (tertiary/aromatic N) is 1. The van der Waals surface area contributed by atoms with Crippen LogP contribution in [0.3, 0.4) is 0 Å². The van der Waals surface area contributed by atoms with Gasteiger partial charge in [-0.25, -0.2) is 8.98 Å². The van der Waals surface area contributed by atoms with Crippen molar-refractivity contribution in [1.82, 2.24) is 0 Å². The van der Waals surface area contributed by atoms with E-state index in [-0.39, 0.29) is 0 Å². The molecule has 0 atom stereocenters. The van der Waals surface area contributed by atoms with Gasteiger partial charge in [0.2, 0.25) is 0 Å². The standard InChI is InChI=1S/C11H4F9NO4S/c12-9(13,14)5-1-7(10(15,16)17)6(8(2-5)11(18,19)20)3-25-26(23,24)21-4-22/h1-2H,3H2. The van der Waals surface area contributed by atoms with Crippen molar-refractivity contribution in [3.8, 4) is 0 Å². The van der Waals surface area contributed by atoms with E-state index in [1.807, 2.05) is 4.40 Å². The third-order valence-corrected chi connectivity index (χ3v) is 3.40. The zero-order valence-corrected chi connectivity index (χ0v) is 12.6. The molecule has 0 aromatic heterocycles. The second-order valence-electron chi connectivity index (χ2n) is 4.42. The third kappa shape index (κ3) is 5.44. The highest BCUT2D eigenvalue weighted by Gasteiger charge is 2.44. The van der Waals surface area contributed by atoms with Crippen LogP contribution in [0.1, 0.15) is 22.3 Å². The summed E-state index contributed by atoms with van der Waals surface area (Å²) in [6, 6.07) is -1.24. The first-order valence-electron chi connectivity index (χ1n) is 5.86. The van der Waals surface area contributed by atoms with Gasteiger partial charge in [-0.2, -0.15) is 47.9 Å². The zero-order chi connectivity index (χ0) is 20.6. The monoisotopic (exact) mass is 417 g/mol. The molecule has 5 nitrogen and oxygen atoms in total. The van der Waals surface area contributed by atoms with Gasteiger partial charge in [0.25, 0.3) is 6.08 Å². The quantitative estimate of drug-likeness (QED) is 0.424. The summed E-state index contributed by atoms with van der Waals surface area (Å²) < 4.78 is 143. The fraction of sp³-hybridized carbons (Fsp3) is 0.364. The molecule has 26 heavy (non-hydrogen) atoms. The summed E-state index contributed by atoms with van der Waals surface area (Å²) in [5.74, 6) is 0. The molecule has 0 radical (unpaired) electrons. The average molecular weight is 417 g/mol. The fourth-order valence-corrected chi connectivity index (χ4v) is 2.11. The number of halogens is 9. The molecular formula is C11H4F9NO4S. The number of hydrogen-bond acceptors (Lipinski definition) is 4. The minimum absolute atomic E-state index is 0.432. The van der Waals surface area contributed by atoms with Crippen LogP contribution in [0.4, 0.5) is 39.5 Å². The van der Waals surface area contributed by atoms with E-state index in [1.54, 1.807) is 0 Å². The minimum atomic E-state index is -5.71. The Hall–Kier alpha value is -2.12. The lowest BCUT2D eigenvalue weighted by molar-refractivity contribution is -0.149. The Labute approximate surface area is 138 Å². The summed E-state index contributed by atoms with van der Waals surface area (Å²) in [6.45, 7) is -1.98. The molecule has 0 fully saturated rings. The lowest BCUT2D eigenvalue weighted by Gasteiger charge is -2.20. The van der Waals surface area contributed by atoms with Crippen LogP contribution in [0.5, 0.6) is 0 Å². The van der Waals surface area contributed by atoms with Gasteiger partial charge in [-0.3, -0.25) is 0 Å². The van der Waals surface area contributed by atoms with E-state index in [9.17, 15) is 52.7 Å². The third-order valence-electron chi connectivity index (χ3n) is 2.69. The molecule has 0 N–H and O–H groups in total. The molecular weight excluding hydrogens is 413 g/mol. The Morgan fingerprint density at radius 1 is 0.885 bits per heavy atom. The van der Waals surface area contributed by atoms with Gasteiger partial charge in [0.05, 0.1) is 23.3 Å². The largest absolute Gasteiger partial charge is 0.416 e. The highest BCUT2D eigenvalue weighted by molar-refractivity contribution is 7.85. The first-order valence-corrected chi connectivity index (χ1v) is 7.22. The second kappa shape index (κ2) is 6.89. The van der Waals surface area contributed by atoms with Crippen molar-refractivity contribution >= 4 is 16.4 Å². The molecule has 0 unspecified atom stereocenters. The summed E-state index contributed by atoms with van der Waals surface area (Å²) >= 11 is 0. The van der Waals surface area contributed by atoms with Crippen molar-refractivity contribution in [2.45, 2.75) is 25.1 Å². The van der Waals surface area contributed by atoms with Crippen LogP contribution >= 0.6 is 0 Å². The Morgan fingerprint density at radius 3 is 1.62 bits per heavy atom. The van der Waals surface area contributed by atoms with E-state index >= 15 is 0 Å². The highest BCUT2D eigenvalue weighted by atomic mass is 32.2. The molecule has 0 bridgehead atoms. The SMILES string of the molecule is O=C=NS(=O)(=O)OCc1c(C(F)(F)F)cc(C(F)(F)F)cc1C(F)(F)F. The Morgan fingerprint density at radius 2 is 1.31 bits per heavy atom. The van der Waals surface area contributed by atoms with E-state index < -0.39 is 69.8 Å². The van der Waals surface area contributed by atoms with E-state index in [4.69, 9.17) is 0 Å². The van der Waals surface area contributed by atoms with Gasteiger partial charge in [0.1, 0.15) is 0 Å². The van der Waals surface area contributed by atoms with Gasteiger partial charge in [-0.1, -0.05) is 4.40 Å². The van der Waals surface area contributed by atoms with Gasteiger partial charge < -0.3 is 0 Å². The van der Waals surface area contributed by atoms with Gasteiger partial charge in [0.15, 0.2) is 0 Å². The number of rotatable bonds is 4. The lowest BCUT2D eigenvalue weighted by atomic mass is 9.96. The van der Waals surface area contributed by atoms with Crippen molar-refractivity contribution in [1.29, 1.82) is 0 Å². The Balaban J connectivity index is 3.72. The lowest BCUT2D eigenvalue weighted by Crippen LogP contribution is -2.21. The highest BCUT2D eigenvalue weighted by Crippen LogP contribution is 2.43. The number of hydrogen-bond donors (Lipinski definition) is 0. The number of isocyanates is 1. The van der Waals surface area contributed by atoms with Gasteiger partial charge in [0, 0.05) is 5.56 Å². The van der Waals surface area contributed by atoms with E-state index in [1.165, 1.54) is 0 Å². The summed E-state index contributed by atoms with van der Waals surface area (Å²) in [4.78, 5) is 9.80. The molecule has 0 amide bonds. The van der Waals surface area contributed by atoms with Crippen LogP contribution in [0.25, 0.3) is 0 Å². The second-order valence-corrected chi connectivity index (χ2v) is 5.69. The smallest absolute Gasteiger partial charge is 0.247 e. The maximum absolute atomic E-state index is 12.9. The normalized spacial score (nSPS) is 13.4. The summed E-state index contributed by atoms with van der Waals surface area (Å²) in [7, 11) is -5.25. The minimum Gasteiger partial charge on any atom is -0.247 e. The van der Waals surface area contributed by atoms with E-state index in [0.717, 1.165) is 0 Å². The number of alkyl halides is 9. The summed E-state index contributed by atoms with van der Waals surface area (Å²) in [5, 5.41) is 0. The van der Waals surface area contributed by atoms with Crippen LogP contribution < -0.4 is 0 Å². The van der Waals surface area contributed by atoms with Crippen molar-refractivity contribution in [2.24, 2.45) is 4.40 Å². The van der Waals surface area contributed by atoms with Crippen molar-refractivity contribution < 1.29 is 56.9 Å². The van der Waals surface area contributed by atoms with Crippen molar-refractivity contribution in [2.75, 3.05) is 0 Å². The molecule has 1 aromatic carbocycles. The van der Waals surface area contributed by atoms with Crippen LogP contribution in [0.2, 0.25) is 0 Å². The van der Waals surface area contributed by atoms with E-state index in [0.29, 0.717) is 6.08 Å². The van der Waals surface area contributed by atoms with Gasteiger partial charge >= 0.3 is 28.8 Å². The van der Waals surface area contributed by atoms with Crippen LogP contribution in [0, 0.1) is 0 Å². The summed E-state index contributed by atoms with van der Waals surface area (Å²) in [5.41, 5.74) is -9.01.